The minimum absolute atomic E-state index is 0.413. The lowest BCUT2D eigenvalue weighted by atomic mass is 10.6. The van der Waals surface area contributed by atoms with Crippen LogP contribution in [0.3, 0.4) is 0 Å². The topological polar surface area (TPSA) is 52.6 Å². The molecule has 62 valence electrons. The minimum Gasteiger partial charge on any atom is -0.423 e. The van der Waals surface area contributed by atoms with Crippen LogP contribution in [0.25, 0.3) is 0 Å². The maximum absolute atomic E-state index is 10.5. The summed E-state index contributed by atoms with van der Waals surface area (Å²) >= 11 is 0. The van der Waals surface area contributed by atoms with Gasteiger partial charge >= 0.3 is 11.9 Å². The molecule has 0 N–H and O–H groups in total. The zero-order chi connectivity index (χ0) is 8.48. The molecule has 0 unspecified atom stereocenters. The fraction of sp³-hybridized carbons (Fsp3) is 0.714. The molecule has 0 aromatic rings. The standard InChI is InChI=1S/C7H10O4/c1-5(8)10-7(3-4-7)11-6(2)9/h3-4H2,1-2H3. The second-order valence-corrected chi connectivity index (χ2v) is 2.60. The van der Waals surface area contributed by atoms with Gasteiger partial charge in [0.05, 0.1) is 0 Å². The van der Waals surface area contributed by atoms with Crippen molar-refractivity contribution >= 4 is 11.9 Å². The van der Waals surface area contributed by atoms with Gasteiger partial charge in [-0.15, -0.1) is 0 Å². The summed E-state index contributed by atoms with van der Waals surface area (Å²) in [6.07, 6.45) is 1.23. The molecule has 0 spiro atoms. The van der Waals surface area contributed by atoms with Crippen molar-refractivity contribution in [1.82, 2.24) is 0 Å². The highest BCUT2D eigenvalue weighted by molar-refractivity contribution is 5.69. The summed E-state index contributed by atoms with van der Waals surface area (Å²) in [5.41, 5.74) is 0. The molecule has 1 rings (SSSR count). The number of esters is 2. The van der Waals surface area contributed by atoms with Crippen molar-refractivity contribution in [3.05, 3.63) is 0 Å². The number of rotatable bonds is 2. The summed E-state index contributed by atoms with van der Waals surface area (Å²) in [7, 11) is 0. The van der Waals surface area contributed by atoms with E-state index in [0.717, 1.165) is 0 Å². The summed E-state index contributed by atoms with van der Waals surface area (Å²) in [6.45, 7) is 2.59. The molecule has 0 aromatic carbocycles. The van der Waals surface area contributed by atoms with Crippen molar-refractivity contribution in [3.63, 3.8) is 0 Å². The van der Waals surface area contributed by atoms with Crippen LogP contribution in [0.15, 0.2) is 0 Å². The van der Waals surface area contributed by atoms with Crippen LogP contribution in [0.1, 0.15) is 26.7 Å². The highest BCUT2D eigenvalue weighted by Gasteiger charge is 2.50. The molecule has 0 heterocycles. The molecule has 0 aromatic heterocycles. The number of hydrogen-bond acceptors (Lipinski definition) is 4. The van der Waals surface area contributed by atoms with Crippen LogP contribution < -0.4 is 0 Å². The number of carbonyl (C=O) groups is 2. The van der Waals surface area contributed by atoms with Gasteiger partial charge in [-0.3, -0.25) is 9.59 Å². The van der Waals surface area contributed by atoms with Gasteiger partial charge in [0.1, 0.15) is 0 Å². The van der Waals surface area contributed by atoms with E-state index in [1.807, 2.05) is 0 Å². The minimum atomic E-state index is -0.905. The van der Waals surface area contributed by atoms with E-state index in [-0.39, 0.29) is 0 Å². The molecule has 0 amide bonds. The van der Waals surface area contributed by atoms with E-state index in [2.05, 4.69) is 0 Å². The summed E-state index contributed by atoms with van der Waals surface area (Å²) in [5.74, 6) is -1.73. The third kappa shape index (κ3) is 2.22. The Morgan fingerprint density at radius 3 is 1.64 bits per heavy atom. The fourth-order valence-corrected chi connectivity index (χ4v) is 0.851. The van der Waals surface area contributed by atoms with Crippen LogP contribution in [0.2, 0.25) is 0 Å². The monoisotopic (exact) mass is 158 g/mol. The highest BCUT2D eigenvalue weighted by Crippen LogP contribution is 2.40. The predicted octanol–water partition coefficient (Wildman–Crippen LogP) is 0.603. The first-order chi connectivity index (χ1) is 5.04. The van der Waals surface area contributed by atoms with E-state index in [9.17, 15) is 9.59 Å². The van der Waals surface area contributed by atoms with Gasteiger partial charge in [-0.1, -0.05) is 0 Å². The molecular weight excluding hydrogens is 148 g/mol. The van der Waals surface area contributed by atoms with E-state index >= 15 is 0 Å². The van der Waals surface area contributed by atoms with Crippen LogP contribution in [-0.2, 0) is 19.1 Å². The Bertz CT molecular complexity index is 175. The molecule has 4 heteroatoms. The van der Waals surface area contributed by atoms with Crippen molar-refractivity contribution in [2.45, 2.75) is 32.5 Å². The van der Waals surface area contributed by atoms with Gasteiger partial charge in [0, 0.05) is 26.7 Å². The summed E-state index contributed by atoms with van der Waals surface area (Å²) in [5, 5.41) is 0. The Kier molecular flexibility index (Phi) is 1.85. The number of carbonyl (C=O) groups excluding carboxylic acids is 2. The Balaban J connectivity index is 2.41. The maximum atomic E-state index is 10.5. The molecule has 11 heavy (non-hydrogen) atoms. The third-order valence-electron chi connectivity index (χ3n) is 1.32. The van der Waals surface area contributed by atoms with Crippen LogP contribution in [0, 0.1) is 0 Å². The van der Waals surface area contributed by atoms with Crippen LogP contribution in [0.4, 0.5) is 0 Å². The molecule has 4 nitrogen and oxygen atoms in total. The van der Waals surface area contributed by atoms with Crippen molar-refractivity contribution in [1.29, 1.82) is 0 Å². The Hall–Kier alpha value is -1.06. The molecule has 1 aliphatic rings. The number of hydrogen-bond donors (Lipinski definition) is 0. The SMILES string of the molecule is CC(=O)OC1(OC(C)=O)CC1. The van der Waals surface area contributed by atoms with Crippen LogP contribution >= 0.6 is 0 Å². The van der Waals surface area contributed by atoms with Crippen molar-refractivity contribution in [2.75, 3.05) is 0 Å². The molecule has 0 atom stereocenters. The molecule has 0 bridgehead atoms. The van der Waals surface area contributed by atoms with Crippen LogP contribution in [-0.4, -0.2) is 17.7 Å². The second kappa shape index (κ2) is 2.53. The lowest BCUT2D eigenvalue weighted by molar-refractivity contribution is -0.193. The van der Waals surface area contributed by atoms with Gasteiger partial charge in [-0.2, -0.15) is 0 Å². The van der Waals surface area contributed by atoms with Gasteiger partial charge in [0.25, 0.3) is 5.79 Å². The van der Waals surface area contributed by atoms with Gasteiger partial charge in [-0.25, -0.2) is 0 Å². The van der Waals surface area contributed by atoms with E-state index in [1.54, 1.807) is 0 Å². The third-order valence-corrected chi connectivity index (χ3v) is 1.32. The van der Waals surface area contributed by atoms with Gasteiger partial charge < -0.3 is 9.47 Å². The van der Waals surface area contributed by atoms with Gasteiger partial charge in [0.15, 0.2) is 0 Å². The fourth-order valence-electron chi connectivity index (χ4n) is 0.851. The maximum Gasteiger partial charge on any atom is 0.305 e. The average molecular weight is 158 g/mol. The highest BCUT2D eigenvalue weighted by atomic mass is 16.7. The van der Waals surface area contributed by atoms with Crippen molar-refractivity contribution in [2.24, 2.45) is 0 Å². The zero-order valence-electron chi connectivity index (χ0n) is 6.55. The smallest absolute Gasteiger partial charge is 0.305 e. The average Bonchev–Trinajstić information content (AvgIpc) is 2.43. The van der Waals surface area contributed by atoms with Gasteiger partial charge in [0.2, 0.25) is 0 Å². The molecule has 0 saturated heterocycles. The Morgan fingerprint density at radius 2 is 1.45 bits per heavy atom. The summed E-state index contributed by atoms with van der Waals surface area (Å²) in [4.78, 5) is 20.9. The van der Waals surface area contributed by atoms with Gasteiger partial charge in [-0.05, 0) is 0 Å². The molecule has 0 aliphatic heterocycles. The van der Waals surface area contributed by atoms with Crippen molar-refractivity contribution < 1.29 is 19.1 Å². The Morgan fingerprint density at radius 1 is 1.09 bits per heavy atom. The lowest BCUT2D eigenvalue weighted by Crippen LogP contribution is -2.23. The van der Waals surface area contributed by atoms with E-state index < -0.39 is 17.7 Å². The van der Waals surface area contributed by atoms with Crippen molar-refractivity contribution in [3.8, 4) is 0 Å². The second-order valence-electron chi connectivity index (χ2n) is 2.60. The molecule has 1 aliphatic carbocycles. The Labute approximate surface area is 64.5 Å². The molecular formula is C7H10O4. The first kappa shape index (κ1) is 8.04. The largest absolute Gasteiger partial charge is 0.423 e. The summed E-state index contributed by atoms with van der Waals surface area (Å²) in [6, 6.07) is 0. The zero-order valence-corrected chi connectivity index (χ0v) is 6.55. The first-order valence-electron chi connectivity index (χ1n) is 3.43. The quantitative estimate of drug-likeness (QED) is 0.436. The van der Waals surface area contributed by atoms with E-state index in [0.29, 0.717) is 12.8 Å². The number of ether oxygens (including phenoxy) is 2. The van der Waals surface area contributed by atoms with E-state index in [4.69, 9.17) is 9.47 Å². The van der Waals surface area contributed by atoms with Crippen LogP contribution in [0.5, 0.6) is 0 Å². The molecule has 1 fully saturated rings. The summed E-state index contributed by atoms with van der Waals surface area (Å²) < 4.78 is 9.56. The predicted molar refractivity (Wildman–Crippen MR) is 35.5 cm³/mol. The molecule has 0 radical (unpaired) electrons. The normalized spacial score (nSPS) is 18.7. The first-order valence-corrected chi connectivity index (χ1v) is 3.43. The molecule has 1 saturated carbocycles. The lowest BCUT2D eigenvalue weighted by Gasteiger charge is -2.14. The van der Waals surface area contributed by atoms with E-state index in [1.165, 1.54) is 13.8 Å².